The van der Waals surface area contributed by atoms with E-state index < -0.39 is 5.91 Å². The van der Waals surface area contributed by atoms with Gasteiger partial charge in [0, 0.05) is 0 Å². The van der Waals surface area contributed by atoms with Gasteiger partial charge in [-0.2, -0.15) is 0 Å². The summed E-state index contributed by atoms with van der Waals surface area (Å²) in [5.41, 5.74) is 7.97. The number of anilines is 1. The van der Waals surface area contributed by atoms with Crippen LogP contribution in [-0.2, 0) is 4.79 Å². The minimum atomic E-state index is -0.467. The number of primary amides is 1. The molecule has 2 aromatic rings. The van der Waals surface area contributed by atoms with E-state index in [1.165, 1.54) is 0 Å². The second kappa shape index (κ2) is 6.85. The molecule has 5 heteroatoms. The summed E-state index contributed by atoms with van der Waals surface area (Å²) in [6, 6.07) is 15.7. The molecule has 0 aromatic heterocycles. The maximum absolute atomic E-state index is 10.9. The topological polar surface area (TPSA) is 64.3 Å². The number of carbonyl (C=O) groups excluding carboxylic acids is 1. The number of amides is 1. The van der Waals surface area contributed by atoms with Gasteiger partial charge in [0.15, 0.2) is 0 Å². The molecule has 0 unspecified atom stereocenters. The van der Waals surface area contributed by atoms with Gasteiger partial charge >= 0.3 is 0 Å². The van der Waals surface area contributed by atoms with E-state index >= 15 is 0 Å². The maximum atomic E-state index is 10.9. The lowest BCUT2D eigenvalue weighted by Gasteiger charge is -2.13. The summed E-state index contributed by atoms with van der Waals surface area (Å²) in [4.78, 5) is 11.3. The van der Waals surface area contributed by atoms with Crippen molar-refractivity contribution in [2.24, 2.45) is 5.73 Å². The Kier molecular flexibility index (Phi) is 4.90. The summed E-state index contributed by atoms with van der Waals surface area (Å²) >= 11 is 5.11. The fourth-order valence-corrected chi connectivity index (χ4v) is 2.22. The average Bonchev–Trinajstić information content (AvgIpc) is 2.47. The molecule has 2 aromatic carbocycles. The van der Waals surface area contributed by atoms with Crippen LogP contribution in [0.15, 0.2) is 48.5 Å². The molecule has 0 bridgehead atoms. The van der Waals surface area contributed by atoms with Crippen molar-refractivity contribution in [3.63, 3.8) is 0 Å². The molecule has 0 aliphatic heterocycles. The zero-order valence-corrected chi connectivity index (χ0v) is 12.4. The van der Waals surface area contributed by atoms with Crippen LogP contribution in [0.25, 0.3) is 11.1 Å². The molecule has 108 valence electrons. The minimum absolute atomic E-state index is 0.00799. The Bertz CT molecular complexity index is 657. The molecule has 0 aliphatic carbocycles. The lowest BCUT2D eigenvalue weighted by atomic mass is 10.0. The second-order valence-electron chi connectivity index (χ2n) is 4.47. The third kappa shape index (κ3) is 4.03. The smallest absolute Gasteiger partial charge is 0.224 e. The lowest BCUT2D eigenvalue weighted by Crippen LogP contribution is -2.20. The van der Waals surface area contributed by atoms with Crippen molar-refractivity contribution >= 4 is 28.8 Å². The van der Waals surface area contributed by atoms with Crippen LogP contribution in [0.4, 0.5) is 5.69 Å². The fourth-order valence-electron chi connectivity index (χ4n) is 1.97. The van der Waals surface area contributed by atoms with Crippen molar-refractivity contribution in [3.05, 3.63) is 48.5 Å². The molecule has 21 heavy (non-hydrogen) atoms. The first-order valence-electron chi connectivity index (χ1n) is 6.42. The van der Waals surface area contributed by atoms with Gasteiger partial charge in [0.2, 0.25) is 5.91 Å². The molecule has 0 saturated heterocycles. The van der Waals surface area contributed by atoms with Crippen LogP contribution < -0.4 is 15.8 Å². The fraction of sp³-hybridized carbons (Fsp3) is 0.125. The van der Waals surface area contributed by atoms with Crippen LogP contribution in [0.3, 0.4) is 0 Å². The van der Waals surface area contributed by atoms with Gasteiger partial charge < -0.3 is 15.8 Å². The van der Waals surface area contributed by atoms with Gasteiger partial charge in [-0.1, -0.05) is 48.6 Å². The number of hydrogen-bond donors (Lipinski definition) is 2. The van der Waals surface area contributed by atoms with E-state index in [0.29, 0.717) is 16.4 Å². The van der Waals surface area contributed by atoms with E-state index in [-0.39, 0.29) is 6.42 Å². The molecule has 0 saturated carbocycles. The zero-order chi connectivity index (χ0) is 15.2. The van der Waals surface area contributed by atoms with E-state index in [0.717, 1.165) is 11.1 Å². The van der Waals surface area contributed by atoms with E-state index in [9.17, 15) is 4.79 Å². The van der Waals surface area contributed by atoms with Crippen molar-refractivity contribution in [2.75, 3.05) is 12.4 Å². The number of nitrogens with two attached hydrogens (primary N) is 1. The molecule has 0 heterocycles. The summed E-state index contributed by atoms with van der Waals surface area (Å²) in [6.45, 7) is 0. The Morgan fingerprint density at radius 3 is 2.52 bits per heavy atom. The molecule has 3 N–H and O–H groups in total. The summed E-state index contributed by atoms with van der Waals surface area (Å²) in [5.74, 6) is 0.187. The Labute approximate surface area is 128 Å². The quantitative estimate of drug-likeness (QED) is 0.833. The molecule has 0 aliphatic rings. The zero-order valence-electron chi connectivity index (χ0n) is 11.6. The molecule has 0 spiro atoms. The molecular weight excluding hydrogens is 284 g/mol. The Morgan fingerprint density at radius 1 is 1.19 bits per heavy atom. The second-order valence-corrected chi connectivity index (χ2v) is 4.97. The highest BCUT2D eigenvalue weighted by Crippen LogP contribution is 2.30. The average molecular weight is 300 g/mol. The molecular formula is C16H16N2O2S. The number of rotatable bonds is 5. The SMILES string of the molecule is COc1ccc(-c2ccccc2)cc1NC(=S)CC(N)=O. The van der Waals surface area contributed by atoms with Gasteiger partial charge in [-0.3, -0.25) is 4.79 Å². The lowest BCUT2D eigenvalue weighted by molar-refractivity contribution is -0.116. The summed E-state index contributed by atoms with van der Waals surface area (Å²) in [6.07, 6.45) is 0.00799. The normalized spacial score (nSPS) is 9.95. The van der Waals surface area contributed by atoms with Gasteiger partial charge in [0.1, 0.15) is 5.75 Å². The first kappa shape index (κ1) is 15.0. The van der Waals surface area contributed by atoms with Gasteiger partial charge in [0.05, 0.1) is 24.2 Å². The predicted molar refractivity (Wildman–Crippen MR) is 88.5 cm³/mol. The van der Waals surface area contributed by atoms with E-state index in [2.05, 4.69) is 5.32 Å². The predicted octanol–water partition coefficient (Wildman–Crippen LogP) is 2.98. The number of methoxy groups -OCH3 is 1. The first-order valence-corrected chi connectivity index (χ1v) is 6.82. The van der Waals surface area contributed by atoms with Crippen molar-refractivity contribution in [1.29, 1.82) is 0 Å². The summed E-state index contributed by atoms with van der Waals surface area (Å²) in [7, 11) is 1.58. The molecule has 0 atom stereocenters. The number of hydrogen-bond acceptors (Lipinski definition) is 3. The van der Waals surface area contributed by atoms with Crippen LogP contribution in [-0.4, -0.2) is 18.0 Å². The van der Waals surface area contributed by atoms with Crippen LogP contribution in [0, 0.1) is 0 Å². The highest BCUT2D eigenvalue weighted by atomic mass is 32.1. The number of ether oxygens (including phenoxy) is 1. The molecule has 0 fully saturated rings. The van der Waals surface area contributed by atoms with Crippen LogP contribution in [0.5, 0.6) is 5.75 Å². The molecule has 1 amide bonds. The van der Waals surface area contributed by atoms with Crippen LogP contribution in [0.1, 0.15) is 6.42 Å². The largest absolute Gasteiger partial charge is 0.495 e. The summed E-state index contributed by atoms with van der Waals surface area (Å²) in [5, 5.41) is 3.01. The number of carbonyl (C=O) groups is 1. The Balaban J connectivity index is 2.30. The van der Waals surface area contributed by atoms with Crippen LogP contribution >= 0.6 is 12.2 Å². The van der Waals surface area contributed by atoms with E-state index in [1.807, 2.05) is 48.5 Å². The maximum Gasteiger partial charge on any atom is 0.224 e. The van der Waals surface area contributed by atoms with Gasteiger partial charge in [-0.15, -0.1) is 0 Å². The van der Waals surface area contributed by atoms with Crippen molar-refractivity contribution < 1.29 is 9.53 Å². The highest BCUT2D eigenvalue weighted by Gasteiger charge is 2.09. The number of thiocarbonyl (C=S) groups is 1. The third-order valence-electron chi connectivity index (χ3n) is 2.92. The van der Waals surface area contributed by atoms with Gasteiger partial charge in [0.25, 0.3) is 0 Å². The molecule has 0 radical (unpaired) electrons. The number of nitrogens with one attached hydrogen (secondary N) is 1. The third-order valence-corrected chi connectivity index (χ3v) is 3.16. The van der Waals surface area contributed by atoms with Gasteiger partial charge in [-0.25, -0.2) is 0 Å². The van der Waals surface area contributed by atoms with E-state index in [1.54, 1.807) is 7.11 Å². The van der Waals surface area contributed by atoms with Crippen molar-refractivity contribution in [2.45, 2.75) is 6.42 Å². The van der Waals surface area contributed by atoms with Crippen LogP contribution in [0.2, 0.25) is 0 Å². The molecule has 4 nitrogen and oxygen atoms in total. The van der Waals surface area contributed by atoms with Crippen molar-refractivity contribution in [3.8, 4) is 16.9 Å². The number of benzene rings is 2. The Hall–Kier alpha value is -2.40. The summed E-state index contributed by atoms with van der Waals surface area (Å²) < 4.78 is 5.30. The van der Waals surface area contributed by atoms with Gasteiger partial charge in [-0.05, 0) is 23.3 Å². The minimum Gasteiger partial charge on any atom is -0.495 e. The van der Waals surface area contributed by atoms with E-state index in [4.69, 9.17) is 22.7 Å². The first-order chi connectivity index (χ1) is 10.1. The monoisotopic (exact) mass is 300 g/mol. The van der Waals surface area contributed by atoms with Crippen molar-refractivity contribution in [1.82, 2.24) is 0 Å². The molecule has 2 rings (SSSR count). The highest BCUT2D eigenvalue weighted by molar-refractivity contribution is 7.80. The standard InChI is InChI=1S/C16H16N2O2S/c1-20-14-8-7-12(11-5-3-2-4-6-11)9-13(14)18-16(21)10-15(17)19/h2-9H,10H2,1H3,(H2,17,19)(H,18,21). The Morgan fingerprint density at radius 2 is 1.90 bits per heavy atom.